The lowest BCUT2D eigenvalue weighted by atomic mass is 10.0. The predicted molar refractivity (Wildman–Crippen MR) is 138 cm³/mol. The number of hydrogen-bond donors (Lipinski definition) is 2. The van der Waals surface area contributed by atoms with Crippen LogP contribution in [0, 0.1) is 5.92 Å². The van der Waals surface area contributed by atoms with Gasteiger partial charge in [0.1, 0.15) is 0 Å². The maximum Gasteiger partial charge on any atom is 0.416 e. The van der Waals surface area contributed by atoms with Gasteiger partial charge in [-0.2, -0.15) is 13.2 Å². The maximum absolute atomic E-state index is 13.0. The normalized spacial score (nSPS) is 12.3. The van der Waals surface area contributed by atoms with Crippen molar-refractivity contribution in [3.05, 3.63) is 83.2 Å². The molecule has 37 heavy (non-hydrogen) atoms. The molecular weight excluding hydrogens is 527 g/mol. The first-order valence-electron chi connectivity index (χ1n) is 11.2. The molecule has 0 aliphatic heterocycles. The number of rotatable bonds is 10. The minimum absolute atomic E-state index is 0.0163. The third-order valence-electron chi connectivity index (χ3n) is 5.22. The standard InChI is InChI=1S/C25H25ClF3N5O2S/c1-4-12-34-22(21(15(2)3)31-23(36)16-8-6-5-7-9-16)32-33-24(34)37-14-20(35)30-19-13-17(25(27,28)29)10-11-18(19)26/h4-11,13,15,21H,1,12,14H2,2-3H3,(H,30,35)(H,31,36)/t21-/m0/s1. The molecule has 1 heterocycles. The fourth-order valence-corrected chi connectivity index (χ4v) is 4.31. The van der Waals surface area contributed by atoms with E-state index >= 15 is 0 Å². The topological polar surface area (TPSA) is 88.9 Å². The van der Waals surface area contributed by atoms with Crippen molar-refractivity contribution in [3.63, 3.8) is 0 Å². The number of nitrogens with zero attached hydrogens (tertiary/aromatic N) is 3. The maximum atomic E-state index is 13.0. The van der Waals surface area contributed by atoms with Gasteiger partial charge in [0.15, 0.2) is 11.0 Å². The first-order valence-corrected chi connectivity index (χ1v) is 12.6. The second-order valence-corrected chi connectivity index (χ2v) is 9.68. The Morgan fingerprint density at radius 3 is 2.49 bits per heavy atom. The molecule has 0 spiro atoms. The first-order chi connectivity index (χ1) is 17.5. The molecule has 0 aliphatic rings. The zero-order chi connectivity index (χ0) is 27.2. The molecule has 2 amide bonds. The number of allylic oxidation sites excluding steroid dienone is 1. The summed E-state index contributed by atoms with van der Waals surface area (Å²) in [6, 6.07) is 11.0. The molecule has 3 rings (SSSR count). The number of aromatic nitrogens is 3. The lowest BCUT2D eigenvalue weighted by Crippen LogP contribution is -2.33. The van der Waals surface area contributed by atoms with Crippen LogP contribution in [0.25, 0.3) is 0 Å². The number of benzene rings is 2. The van der Waals surface area contributed by atoms with E-state index in [0.717, 1.165) is 30.0 Å². The summed E-state index contributed by atoms with van der Waals surface area (Å²) >= 11 is 7.01. The summed E-state index contributed by atoms with van der Waals surface area (Å²) in [4.78, 5) is 25.3. The average molecular weight is 552 g/mol. The van der Waals surface area contributed by atoms with Crippen LogP contribution >= 0.6 is 23.4 Å². The summed E-state index contributed by atoms with van der Waals surface area (Å²) in [5.74, 6) is -0.546. The van der Waals surface area contributed by atoms with Crippen LogP contribution in [-0.2, 0) is 17.5 Å². The molecule has 0 saturated heterocycles. The van der Waals surface area contributed by atoms with Gasteiger partial charge in [-0.25, -0.2) is 0 Å². The van der Waals surface area contributed by atoms with Gasteiger partial charge in [0.05, 0.1) is 28.1 Å². The Kier molecular flexibility index (Phi) is 9.39. The smallest absolute Gasteiger partial charge is 0.342 e. The van der Waals surface area contributed by atoms with Crippen LogP contribution in [-0.4, -0.2) is 32.3 Å². The first kappa shape index (κ1) is 28.3. The van der Waals surface area contributed by atoms with Crippen molar-refractivity contribution in [3.8, 4) is 0 Å². The fraction of sp³-hybridized carbons (Fsp3) is 0.280. The largest absolute Gasteiger partial charge is 0.416 e. The number of hydrogen-bond acceptors (Lipinski definition) is 5. The SMILES string of the molecule is C=CCn1c(SCC(=O)Nc2cc(C(F)(F)F)ccc2Cl)nnc1[C@@H](NC(=O)c1ccccc1)C(C)C. The lowest BCUT2D eigenvalue weighted by Gasteiger charge is -2.22. The molecule has 0 bridgehead atoms. The minimum Gasteiger partial charge on any atom is -0.342 e. The lowest BCUT2D eigenvalue weighted by molar-refractivity contribution is -0.137. The second-order valence-electron chi connectivity index (χ2n) is 8.33. The Bertz CT molecular complexity index is 1260. The van der Waals surface area contributed by atoms with E-state index in [9.17, 15) is 22.8 Å². The van der Waals surface area contributed by atoms with E-state index in [-0.39, 0.29) is 28.3 Å². The number of halogens is 4. The summed E-state index contributed by atoms with van der Waals surface area (Å²) in [5.41, 5.74) is -0.561. The average Bonchev–Trinajstić information content (AvgIpc) is 3.24. The van der Waals surface area contributed by atoms with Crippen LogP contribution in [0.1, 0.15) is 41.6 Å². The molecule has 0 fully saturated rings. The van der Waals surface area contributed by atoms with E-state index in [0.29, 0.717) is 23.1 Å². The quantitative estimate of drug-likeness (QED) is 0.238. The van der Waals surface area contributed by atoms with Gasteiger partial charge in [0, 0.05) is 12.1 Å². The molecule has 1 atom stereocenters. The number of alkyl halides is 3. The highest BCUT2D eigenvalue weighted by Crippen LogP contribution is 2.34. The van der Waals surface area contributed by atoms with Crippen LogP contribution < -0.4 is 10.6 Å². The van der Waals surface area contributed by atoms with Gasteiger partial charge < -0.3 is 15.2 Å². The van der Waals surface area contributed by atoms with E-state index in [4.69, 9.17) is 11.6 Å². The Labute approximate surface area is 221 Å². The van der Waals surface area contributed by atoms with Crippen molar-refractivity contribution < 1.29 is 22.8 Å². The van der Waals surface area contributed by atoms with Crippen molar-refractivity contribution in [2.45, 2.75) is 37.8 Å². The molecular formula is C25H25ClF3N5O2S. The second kappa shape index (κ2) is 12.3. The van der Waals surface area contributed by atoms with Gasteiger partial charge in [-0.15, -0.1) is 16.8 Å². The number of carbonyl (C=O) groups is 2. The molecule has 12 heteroatoms. The number of anilines is 1. The van der Waals surface area contributed by atoms with Crippen molar-refractivity contribution in [2.75, 3.05) is 11.1 Å². The molecule has 0 aliphatic carbocycles. The molecule has 1 aromatic heterocycles. The molecule has 0 saturated carbocycles. The highest BCUT2D eigenvalue weighted by molar-refractivity contribution is 7.99. The highest BCUT2D eigenvalue weighted by Gasteiger charge is 2.31. The van der Waals surface area contributed by atoms with E-state index in [1.165, 1.54) is 0 Å². The van der Waals surface area contributed by atoms with E-state index < -0.39 is 23.7 Å². The molecule has 0 unspecified atom stereocenters. The highest BCUT2D eigenvalue weighted by atomic mass is 35.5. The zero-order valence-electron chi connectivity index (χ0n) is 20.1. The van der Waals surface area contributed by atoms with Gasteiger partial charge in [0.2, 0.25) is 5.91 Å². The van der Waals surface area contributed by atoms with Gasteiger partial charge >= 0.3 is 6.18 Å². The van der Waals surface area contributed by atoms with Crippen LogP contribution in [0.2, 0.25) is 5.02 Å². The van der Waals surface area contributed by atoms with Crippen LogP contribution in [0.15, 0.2) is 66.3 Å². The number of carbonyl (C=O) groups excluding carboxylic acids is 2. The Balaban J connectivity index is 1.75. The number of thioether (sulfide) groups is 1. The van der Waals surface area contributed by atoms with Crippen LogP contribution in [0.3, 0.4) is 0 Å². The van der Waals surface area contributed by atoms with E-state index in [1.807, 2.05) is 19.9 Å². The Hall–Kier alpha value is -3.31. The van der Waals surface area contributed by atoms with E-state index in [1.54, 1.807) is 34.9 Å². The summed E-state index contributed by atoms with van der Waals surface area (Å²) in [6.07, 6.45) is -2.94. The molecule has 2 aromatic carbocycles. The van der Waals surface area contributed by atoms with Crippen molar-refractivity contribution in [2.24, 2.45) is 5.92 Å². The molecule has 2 N–H and O–H groups in total. The Morgan fingerprint density at radius 1 is 1.16 bits per heavy atom. The van der Waals surface area contributed by atoms with Crippen molar-refractivity contribution >= 4 is 40.9 Å². The van der Waals surface area contributed by atoms with Crippen LogP contribution in [0.4, 0.5) is 18.9 Å². The minimum atomic E-state index is -4.57. The van der Waals surface area contributed by atoms with Gasteiger partial charge in [-0.3, -0.25) is 9.59 Å². The van der Waals surface area contributed by atoms with Gasteiger partial charge in [0.25, 0.3) is 5.91 Å². The van der Waals surface area contributed by atoms with Crippen molar-refractivity contribution in [1.29, 1.82) is 0 Å². The summed E-state index contributed by atoms with van der Waals surface area (Å²) in [7, 11) is 0. The van der Waals surface area contributed by atoms with Gasteiger partial charge in [-0.1, -0.05) is 61.5 Å². The molecule has 3 aromatic rings. The summed E-state index contributed by atoms with van der Waals surface area (Å²) in [6.45, 7) is 7.94. The molecule has 0 radical (unpaired) electrons. The molecule has 7 nitrogen and oxygen atoms in total. The summed E-state index contributed by atoms with van der Waals surface area (Å²) < 4.78 is 40.8. The number of nitrogens with one attached hydrogen (secondary N) is 2. The summed E-state index contributed by atoms with van der Waals surface area (Å²) in [5, 5.41) is 14.2. The van der Waals surface area contributed by atoms with Crippen molar-refractivity contribution in [1.82, 2.24) is 20.1 Å². The Morgan fingerprint density at radius 2 is 1.86 bits per heavy atom. The zero-order valence-corrected chi connectivity index (χ0v) is 21.6. The van der Waals surface area contributed by atoms with Crippen LogP contribution in [0.5, 0.6) is 0 Å². The van der Waals surface area contributed by atoms with E-state index in [2.05, 4.69) is 27.4 Å². The molecule has 196 valence electrons. The number of amides is 2. The third-order valence-corrected chi connectivity index (χ3v) is 6.52. The monoisotopic (exact) mass is 551 g/mol. The third kappa shape index (κ3) is 7.36. The fourth-order valence-electron chi connectivity index (χ4n) is 3.39. The predicted octanol–water partition coefficient (Wildman–Crippen LogP) is 5.99. The van der Waals surface area contributed by atoms with Gasteiger partial charge in [-0.05, 0) is 36.2 Å².